The first-order valence-corrected chi connectivity index (χ1v) is 15.2. The molecule has 1 fully saturated rings. The topological polar surface area (TPSA) is 164 Å². The largest absolute Gasteiger partial charge is 0.507 e. The van der Waals surface area contributed by atoms with Gasteiger partial charge in [-0.1, -0.05) is 12.1 Å². The van der Waals surface area contributed by atoms with E-state index < -0.39 is 0 Å². The summed E-state index contributed by atoms with van der Waals surface area (Å²) in [5, 5.41) is 18.7. The summed E-state index contributed by atoms with van der Waals surface area (Å²) in [4.78, 5) is 18.9. The summed E-state index contributed by atoms with van der Waals surface area (Å²) in [6.45, 7) is 5.20. The number of nitrogens with zero attached hydrogens (tertiary/aromatic N) is 5. The van der Waals surface area contributed by atoms with Crippen molar-refractivity contribution in [2.75, 3.05) is 94.8 Å². The van der Waals surface area contributed by atoms with Crippen molar-refractivity contribution in [1.82, 2.24) is 15.2 Å². The van der Waals surface area contributed by atoms with Crippen molar-refractivity contribution < 1.29 is 38.3 Å². The minimum Gasteiger partial charge on any atom is -0.507 e. The minimum atomic E-state index is 0.0906. The molecule has 0 spiro atoms. The van der Waals surface area contributed by atoms with Gasteiger partial charge in [-0.15, -0.1) is 10.2 Å². The number of phenolic OH excluding ortho intramolecular Hbond substituents is 1. The van der Waals surface area contributed by atoms with E-state index in [1.807, 2.05) is 24.3 Å². The van der Waals surface area contributed by atoms with Gasteiger partial charge in [-0.3, -0.25) is 0 Å². The van der Waals surface area contributed by atoms with Crippen LogP contribution in [0.25, 0.3) is 11.3 Å². The lowest BCUT2D eigenvalue weighted by Crippen LogP contribution is -2.36. The summed E-state index contributed by atoms with van der Waals surface area (Å²) in [6, 6.07) is 13.0. The monoisotopic (exact) mass is 636 g/mol. The van der Waals surface area contributed by atoms with Gasteiger partial charge in [0, 0.05) is 48.4 Å². The fraction of sp³-hybridized carbons (Fsp3) is 0.438. The van der Waals surface area contributed by atoms with Crippen LogP contribution in [-0.4, -0.2) is 112 Å². The van der Waals surface area contributed by atoms with Gasteiger partial charge in [-0.05, 0) is 24.3 Å². The predicted molar refractivity (Wildman–Crippen MR) is 170 cm³/mol. The summed E-state index contributed by atoms with van der Waals surface area (Å²) < 4.78 is 32.7. The molecule has 14 heteroatoms. The van der Waals surface area contributed by atoms with Gasteiger partial charge in [0.1, 0.15) is 25.2 Å². The first kappa shape index (κ1) is 33.0. The highest BCUT2D eigenvalue weighted by Crippen LogP contribution is 2.42. The maximum absolute atomic E-state index is 10.3. The van der Waals surface area contributed by atoms with E-state index in [0.717, 1.165) is 30.0 Å². The average Bonchev–Trinajstić information content (AvgIpc) is 3.69. The maximum Gasteiger partial charge on any atom is 0.215 e. The molecule has 14 nitrogen and oxygen atoms in total. The first-order chi connectivity index (χ1) is 22.6. The number of aromatic nitrogens is 3. The third kappa shape index (κ3) is 9.11. The van der Waals surface area contributed by atoms with E-state index in [4.69, 9.17) is 34.2 Å². The van der Waals surface area contributed by atoms with E-state index in [0.29, 0.717) is 95.3 Å². The quantitative estimate of drug-likeness (QED) is 0.129. The molecule has 46 heavy (non-hydrogen) atoms. The van der Waals surface area contributed by atoms with Crippen LogP contribution in [-0.2, 0) is 28.5 Å². The van der Waals surface area contributed by atoms with Crippen molar-refractivity contribution in [3.05, 3.63) is 60.6 Å². The molecule has 2 bridgehead atoms. The molecule has 3 aromatic rings. The third-order valence-electron chi connectivity index (χ3n) is 7.31. The molecule has 1 unspecified atom stereocenters. The van der Waals surface area contributed by atoms with E-state index in [2.05, 4.69) is 31.2 Å². The highest BCUT2D eigenvalue weighted by atomic mass is 16.6. The second-order valence-corrected chi connectivity index (χ2v) is 10.4. The Morgan fingerprint density at radius 3 is 2.20 bits per heavy atom. The van der Waals surface area contributed by atoms with Crippen molar-refractivity contribution in [2.24, 2.45) is 0 Å². The number of nitrogen functional groups attached to an aromatic ring is 1. The fourth-order valence-corrected chi connectivity index (χ4v) is 5.14. The Balaban J connectivity index is 0.985. The van der Waals surface area contributed by atoms with Crippen LogP contribution in [0.15, 0.2) is 60.6 Å². The van der Waals surface area contributed by atoms with Crippen LogP contribution in [0.3, 0.4) is 0 Å². The maximum atomic E-state index is 10.3. The molecule has 1 saturated heterocycles. The third-order valence-corrected chi connectivity index (χ3v) is 7.31. The molecule has 5 rings (SSSR count). The predicted octanol–water partition coefficient (Wildman–Crippen LogP) is 2.43. The number of fused-ring (bicyclic) bond motifs is 2. The molecule has 1 aromatic carbocycles. The van der Waals surface area contributed by atoms with Crippen LogP contribution < -0.4 is 20.3 Å². The molecule has 3 N–H and O–H groups in total. The van der Waals surface area contributed by atoms with Gasteiger partial charge in [0.15, 0.2) is 5.82 Å². The summed E-state index contributed by atoms with van der Waals surface area (Å²) in [5.74, 6) is 1.01. The van der Waals surface area contributed by atoms with Crippen molar-refractivity contribution in [3.8, 4) is 22.9 Å². The van der Waals surface area contributed by atoms with Crippen molar-refractivity contribution in [2.45, 2.75) is 12.5 Å². The summed E-state index contributed by atoms with van der Waals surface area (Å²) in [6.07, 6.45) is 5.43. The molecule has 4 heterocycles. The molecule has 2 aliphatic heterocycles. The molecule has 1 atom stereocenters. The number of anilines is 3. The second-order valence-electron chi connectivity index (χ2n) is 10.4. The van der Waals surface area contributed by atoms with E-state index in [1.54, 1.807) is 24.4 Å². The van der Waals surface area contributed by atoms with Gasteiger partial charge in [-0.25, -0.2) is 4.98 Å². The molecule has 0 saturated carbocycles. The highest BCUT2D eigenvalue weighted by Gasteiger charge is 2.38. The first-order valence-electron chi connectivity index (χ1n) is 15.2. The van der Waals surface area contributed by atoms with Crippen LogP contribution in [0.5, 0.6) is 11.6 Å². The van der Waals surface area contributed by atoms with E-state index >= 15 is 0 Å². The zero-order valence-corrected chi connectivity index (χ0v) is 25.7. The Bertz CT molecular complexity index is 1440. The minimum absolute atomic E-state index is 0.0906. The van der Waals surface area contributed by atoms with Crippen molar-refractivity contribution >= 4 is 23.5 Å². The standard InChI is InChI=1S/C32H40N6O8/c33-32-29(21-28(35-36-32)27-3-1-2-4-30(27)40)38-23-25-19-26(38)22-37(25)24-5-6-34-31(20-24)46-18-17-45-16-15-44-14-13-43-12-11-42-10-9-41-8-7-39/h1-7,20-22,25,40H,8-19,23H2,(H2,33,36). The Labute approximate surface area is 267 Å². The number of rotatable bonds is 21. The lowest BCUT2D eigenvalue weighted by Gasteiger charge is -2.31. The van der Waals surface area contributed by atoms with E-state index in [-0.39, 0.29) is 18.4 Å². The van der Waals surface area contributed by atoms with Gasteiger partial charge >= 0.3 is 0 Å². The van der Waals surface area contributed by atoms with Gasteiger partial charge in [-0.2, -0.15) is 0 Å². The molecule has 0 aliphatic carbocycles. The number of phenols is 1. The molecule has 2 aromatic heterocycles. The number of hydrogen-bond donors (Lipinski definition) is 2. The number of aromatic hydroxyl groups is 1. The molecular weight excluding hydrogens is 596 g/mol. The summed E-state index contributed by atoms with van der Waals surface area (Å²) >= 11 is 0. The van der Waals surface area contributed by atoms with Crippen LogP contribution >= 0.6 is 0 Å². The Morgan fingerprint density at radius 2 is 1.54 bits per heavy atom. The number of aldehydes is 1. The molecule has 0 amide bonds. The smallest absolute Gasteiger partial charge is 0.215 e. The number of benzene rings is 1. The van der Waals surface area contributed by atoms with Crippen LogP contribution in [0.4, 0.5) is 17.2 Å². The molecule has 246 valence electrons. The summed E-state index contributed by atoms with van der Waals surface area (Å²) in [7, 11) is 0. The van der Waals surface area contributed by atoms with Gasteiger partial charge in [0.05, 0.1) is 76.9 Å². The SMILES string of the molecule is Nc1nnc(-c2ccccc2O)cc1N1CC2CC1=CN2c1ccnc(OCCOCCOCCOCCOCCOCC=O)c1. The molecule has 2 aliphatic rings. The average molecular weight is 637 g/mol. The lowest BCUT2D eigenvalue weighted by molar-refractivity contribution is -0.112. The fourth-order valence-electron chi connectivity index (χ4n) is 5.14. The molecular formula is C32H40N6O8. The van der Waals surface area contributed by atoms with Crippen LogP contribution in [0.2, 0.25) is 0 Å². The van der Waals surface area contributed by atoms with Crippen LogP contribution in [0, 0.1) is 0 Å². The van der Waals surface area contributed by atoms with E-state index in [1.165, 1.54) is 0 Å². The number of pyridine rings is 1. The Hall–Kier alpha value is -4.34. The zero-order chi connectivity index (χ0) is 32.0. The normalized spacial score (nSPS) is 15.4. The zero-order valence-electron chi connectivity index (χ0n) is 25.7. The Kier molecular flexibility index (Phi) is 12.5. The lowest BCUT2D eigenvalue weighted by atomic mass is 10.1. The van der Waals surface area contributed by atoms with E-state index in [9.17, 15) is 9.90 Å². The molecule has 0 radical (unpaired) electrons. The number of hydrogen-bond acceptors (Lipinski definition) is 14. The second kappa shape index (κ2) is 17.4. The van der Waals surface area contributed by atoms with Gasteiger partial charge < -0.3 is 53.9 Å². The number of carbonyl (C=O) groups is 1. The van der Waals surface area contributed by atoms with Crippen molar-refractivity contribution in [3.63, 3.8) is 0 Å². The van der Waals surface area contributed by atoms with Gasteiger partial charge in [0.2, 0.25) is 5.88 Å². The summed E-state index contributed by atoms with van der Waals surface area (Å²) in [5.41, 5.74) is 10.3. The van der Waals surface area contributed by atoms with Crippen molar-refractivity contribution in [1.29, 1.82) is 0 Å². The van der Waals surface area contributed by atoms with Crippen LogP contribution in [0.1, 0.15) is 6.42 Å². The number of carbonyl (C=O) groups excluding carboxylic acids is 1. The number of para-hydroxylation sites is 1. The van der Waals surface area contributed by atoms with Gasteiger partial charge in [0.25, 0.3) is 0 Å². The number of nitrogens with two attached hydrogens (primary N) is 1. The number of ether oxygens (including phenoxy) is 6. The highest BCUT2D eigenvalue weighted by molar-refractivity contribution is 5.77. The Morgan fingerprint density at radius 1 is 0.870 bits per heavy atom.